The molecule has 0 saturated heterocycles. The molecule has 0 atom stereocenters. The summed E-state index contributed by atoms with van der Waals surface area (Å²) < 4.78 is 4.85. The fraction of sp³-hybridized carbons (Fsp3) is 0.200. The molecule has 0 spiro atoms. The fourth-order valence-electron chi connectivity index (χ4n) is 1.24. The van der Waals surface area contributed by atoms with Crippen LogP contribution in [0.3, 0.4) is 0 Å². The molecular formula is C10H11N5O2. The number of hydrogen-bond acceptors (Lipinski definition) is 6. The summed E-state index contributed by atoms with van der Waals surface area (Å²) in [5.41, 5.74) is 5.73. The zero-order chi connectivity index (χ0) is 12.3. The van der Waals surface area contributed by atoms with Crippen molar-refractivity contribution in [2.45, 2.75) is 13.5 Å². The number of nitrogens with one attached hydrogen (secondary N) is 1. The lowest BCUT2D eigenvalue weighted by atomic mass is 10.3. The van der Waals surface area contributed by atoms with Crippen molar-refractivity contribution in [3.05, 3.63) is 35.6 Å². The number of nitrogens with zero attached hydrogens (tertiary/aromatic N) is 3. The highest BCUT2D eigenvalue weighted by molar-refractivity contribution is 5.92. The highest BCUT2D eigenvalue weighted by atomic mass is 16.5. The first-order valence-corrected chi connectivity index (χ1v) is 4.95. The highest BCUT2D eigenvalue weighted by Crippen LogP contribution is 2.01. The summed E-state index contributed by atoms with van der Waals surface area (Å²) in [6.07, 6.45) is 0. The maximum Gasteiger partial charge on any atom is 0.270 e. The maximum absolute atomic E-state index is 11.7. The smallest absolute Gasteiger partial charge is 0.270 e. The van der Waals surface area contributed by atoms with Gasteiger partial charge >= 0.3 is 0 Å². The van der Waals surface area contributed by atoms with Crippen LogP contribution in [0.1, 0.15) is 22.2 Å². The van der Waals surface area contributed by atoms with E-state index in [1.165, 1.54) is 0 Å². The Hall–Kier alpha value is -2.44. The second-order valence-electron chi connectivity index (χ2n) is 3.37. The van der Waals surface area contributed by atoms with Crippen molar-refractivity contribution in [3.8, 4) is 0 Å². The van der Waals surface area contributed by atoms with E-state index in [4.69, 9.17) is 10.3 Å². The van der Waals surface area contributed by atoms with Gasteiger partial charge in [-0.2, -0.15) is 4.98 Å². The van der Waals surface area contributed by atoms with Crippen LogP contribution >= 0.6 is 0 Å². The standard InChI is InChI=1S/C10H11N5O2/c1-6-13-9(17-15-6)5-12-10(16)7-3-2-4-8(11)14-7/h2-4H,5H2,1H3,(H2,11,14)(H,12,16). The molecule has 2 rings (SSSR count). The lowest BCUT2D eigenvalue weighted by Crippen LogP contribution is -2.24. The van der Waals surface area contributed by atoms with Crippen LogP contribution in [-0.2, 0) is 6.54 Å². The van der Waals surface area contributed by atoms with Crippen molar-refractivity contribution in [1.82, 2.24) is 20.4 Å². The summed E-state index contributed by atoms with van der Waals surface area (Å²) in [5, 5.41) is 6.21. The van der Waals surface area contributed by atoms with Crippen LogP contribution in [0.25, 0.3) is 0 Å². The summed E-state index contributed by atoms with van der Waals surface area (Å²) in [6.45, 7) is 1.87. The van der Waals surface area contributed by atoms with Crippen LogP contribution in [0, 0.1) is 6.92 Å². The number of pyridine rings is 1. The molecule has 0 unspecified atom stereocenters. The summed E-state index contributed by atoms with van der Waals surface area (Å²) in [4.78, 5) is 19.5. The van der Waals surface area contributed by atoms with Crippen molar-refractivity contribution in [1.29, 1.82) is 0 Å². The van der Waals surface area contributed by atoms with Crippen LogP contribution in [0.4, 0.5) is 5.82 Å². The Bertz CT molecular complexity index is 537. The molecule has 0 radical (unpaired) electrons. The molecule has 0 aliphatic carbocycles. The summed E-state index contributed by atoms with van der Waals surface area (Å²) in [6, 6.07) is 4.84. The third-order valence-electron chi connectivity index (χ3n) is 1.97. The number of carbonyl (C=O) groups is 1. The SMILES string of the molecule is Cc1noc(CNC(=O)c2cccc(N)n2)n1. The van der Waals surface area contributed by atoms with E-state index in [-0.39, 0.29) is 18.1 Å². The Morgan fingerprint density at radius 1 is 1.47 bits per heavy atom. The molecule has 0 aliphatic rings. The Morgan fingerprint density at radius 3 is 2.94 bits per heavy atom. The normalized spacial score (nSPS) is 10.2. The Morgan fingerprint density at radius 2 is 2.29 bits per heavy atom. The second-order valence-corrected chi connectivity index (χ2v) is 3.37. The molecule has 17 heavy (non-hydrogen) atoms. The first kappa shape index (κ1) is 11.1. The van der Waals surface area contributed by atoms with Gasteiger partial charge in [0, 0.05) is 0 Å². The predicted molar refractivity (Wildman–Crippen MR) is 58.9 cm³/mol. The van der Waals surface area contributed by atoms with Gasteiger partial charge in [-0.25, -0.2) is 4.98 Å². The monoisotopic (exact) mass is 233 g/mol. The average Bonchev–Trinajstić information content (AvgIpc) is 2.72. The van der Waals surface area contributed by atoms with Crippen molar-refractivity contribution < 1.29 is 9.32 Å². The lowest BCUT2D eigenvalue weighted by molar-refractivity contribution is 0.0941. The van der Waals surface area contributed by atoms with Crippen molar-refractivity contribution in [3.63, 3.8) is 0 Å². The topological polar surface area (TPSA) is 107 Å². The number of carbonyl (C=O) groups excluding carboxylic acids is 1. The largest absolute Gasteiger partial charge is 0.384 e. The van der Waals surface area contributed by atoms with Crippen LogP contribution in [-0.4, -0.2) is 21.0 Å². The Kier molecular flexibility index (Phi) is 2.99. The van der Waals surface area contributed by atoms with E-state index in [1.807, 2.05) is 0 Å². The molecule has 0 saturated carbocycles. The third-order valence-corrected chi connectivity index (χ3v) is 1.97. The zero-order valence-electron chi connectivity index (χ0n) is 9.17. The van der Waals surface area contributed by atoms with Crippen molar-refractivity contribution in [2.24, 2.45) is 0 Å². The minimum absolute atomic E-state index is 0.163. The molecule has 3 N–H and O–H groups in total. The van der Waals surface area contributed by atoms with Crippen molar-refractivity contribution >= 4 is 11.7 Å². The zero-order valence-corrected chi connectivity index (χ0v) is 9.17. The van der Waals surface area contributed by atoms with E-state index in [0.29, 0.717) is 17.5 Å². The van der Waals surface area contributed by atoms with Gasteiger partial charge in [0.1, 0.15) is 11.5 Å². The van der Waals surface area contributed by atoms with Gasteiger partial charge in [0.05, 0.1) is 6.54 Å². The molecule has 0 aromatic carbocycles. The minimum Gasteiger partial charge on any atom is -0.384 e. The lowest BCUT2D eigenvalue weighted by Gasteiger charge is -2.01. The molecule has 2 aromatic heterocycles. The van der Waals surface area contributed by atoms with Crippen LogP contribution in [0.5, 0.6) is 0 Å². The maximum atomic E-state index is 11.7. The highest BCUT2D eigenvalue weighted by Gasteiger charge is 2.09. The van der Waals surface area contributed by atoms with Crippen LogP contribution < -0.4 is 11.1 Å². The fourth-order valence-corrected chi connectivity index (χ4v) is 1.24. The number of nitrogen functional groups attached to an aromatic ring is 1. The summed E-state index contributed by atoms with van der Waals surface area (Å²) in [5.74, 6) is 0.829. The van der Waals surface area contributed by atoms with Gasteiger partial charge in [-0.05, 0) is 19.1 Å². The molecule has 0 bridgehead atoms. The molecule has 1 amide bonds. The van der Waals surface area contributed by atoms with Crippen molar-refractivity contribution in [2.75, 3.05) is 5.73 Å². The molecular weight excluding hydrogens is 222 g/mol. The predicted octanol–water partition coefficient (Wildman–Crippen LogP) is 0.285. The van der Waals surface area contributed by atoms with Gasteiger partial charge in [0.2, 0.25) is 5.89 Å². The molecule has 2 heterocycles. The quantitative estimate of drug-likeness (QED) is 0.788. The molecule has 7 nitrogen and oxygen atoms in total. The molecule has 0 aliphatic heterocycles. The van der Waals surface area contributed by atoms with E-state index >= 15 is 0 Å². The van der Waals surface area contributed by atoms with E-state index in [9.17, 15) is 4.79 Å². The number of nitrogens with two attached hydrogens (primary N) is 1. The van der Waals surface area contributed by atoms with Crippen LogP contribution in [0.2, 0.25) is 0 Å². The van der Waals surface area contributed by atoms with Gasteiger partial charge in [-0.3, -0.25) is 4.79 Å². The van der Waals surface area contributed by atoms with Gasteiger partial charge in [0.25, 0.3) is 5.91 Å². The van der Waals surface area contributed by atoms with Gasteiger partial charge in [-0.15, -0.1) is 0 Å². The minimum atomic E-state index is -0.340. The summed E-state index contributed by atoms with van der Waals surface area (Å²) >= 11 is 0. The average molecular weight is 233 g/mol. The Labute approximate surface area is 97.0 Å². The number of anilines is 1. The molecule has 7 heteroatoms. The van der Waals surface area contributed by atoms with E-state index in [1.54, 1.807) is 25.1 Å². The Balaban J connectivity index is 1.98. The van der Waals surface area contributed by atoms with Gasteiger partial charge in [0.15, 0.2) is 5.82 Å². The van der Waals surface area contributed by atoms with E-state index in [2.05, 4.69) is 20.4 Å². The van der Waals surface area contributed by atoms with E-state index in [0.717, 1.165) is 0 Å². The second kappa shape index (κ2) is 4.60. The molecule has 88 valence electrons. The molecule has 2 aromatic rings. The van der Waals surface area contributed by atoms with Crippen LogP contribution in [0.15, 0.2) is 22.7 Å². The number of aryl methyl sites for hydroxylation is 1. The first-order chi connectivity index (χ1) is 8.15. The number of aromatic nitrogens is 3. The van der Waals surface area contributed by atoms with Gasteiger partial charge in [-0.1, -0.05) is 11.2 Å². The third kappa shape index (κ3) is 2.77. The van der Waals surface area contributed by atoms with Gasteiger partial charge < -0.3 is 15.6 Å². The number of rotatable bonds is 3. The van der Waals surface area contributed by atoms with E-state index < -0.39 is 0 Å². The molecule has 0 fully saturated rings. The number of amides is 1. The first-order valence-electron chi connectivity index (χ1n) is 4.95. The number of hydrogen-bond donors (Lipinski definition) is 2. The summed E-state index contributed by atoms with van der Waals surface area (Å²) in [7, 11) is 0.